The molecule has 0 spiro atoms. The number of fused-ring (bicyclic) bond motifs is 6. The van der Waals surface area contributed by atoms with Crippen LogP contribution in [-0.4, -0.2) is 69.2 Å². The van der Waals surface area contributed by atoms with E-state index < -0.39 is 23.6 Å². The predicted molar refractivity (Wildman–Crippen MR) is 285 cm³/mol. The highest BCUT2D eigenvalue weighted by Gasteiger charge is 2.35. The van der Waals surface area contributed by atoms with Gasteiger partial charge in [-0.3, -0.25) is 0 Å². The number of amides is 2. The Balaban J connectivity index is 0.990. The van der Waals surface area contributed by atoms with E-state index in [9.17, 15) is 14.4 Å². The van der Waals surface area contributed by atoms with Crippen molar-refractivity contribution in [3.63, 3.8) is 0 Å². The molecule has 0 atom stereocenters. The van der Waals surface area contributed by atoms with Crippen molar-refractivity contribution in [2.24, 2.45) is 5.41 Å². The maximum atomic E-state index is 13.4. The van der Waals surface area contributed by atoms with Crippen molar-refractivity contribution in [1.82, 2.24) is 10.6 Å². The first-order valence-electron chi connectivity index (χ1n) is 22.4. The standard InChI is InChI=1S/C56H48N2O7S4/c1-2-51(59)63-31-29-58-55(61)65-35-56(34-64-54(60)57-28-30-62-40-16-4-3-5-17-40,36-66-41-18-10-14-38(32-41)43-22-12-24-47-45-20-6-8-26-49(45)68-52(43)47)37-67-42-19-11-15-39(33-42)44-23-13-25-48-46-21-7-9-27-50(46)69-53(44)48/h2-27,32-33H,1,28-31,34-37H2,(H,57,60)(H,58,61). The summed E-state index contributed by atoms with van der Waals surface area (Å²) in [6.45, 7) is 3.72. The second-order valence-corrected chi connectivity index (χ2v) is 20.4. The normalized spacial score (nSPS) is 11.4. The van der Waals surface area contributed by atoms with Crippen LogP contribution in [0.4, 0.5) is 9.59 Å². The SMILES string of the molecule is C=CC(=O)OCCNC(=O)OCC(COC(=O)NCCOc1ccccc1)(CSc1cccc(-c2cccc3c2sc2ccccc23)c1)CSc1cccc(-c2cccc3c2sc2ccccc23)c1. The fraction of sp³-hybridized carbons (Fsp3) is 0.161. The molecule has 0 saturated heterocycles. The molecule has 0 radical (unpaired) electrons. The van der Waals surface area contributed by atoms with Crippen LogP contribution in [0.15, 0.2) is 186 Å². The Labute approximate surface area is 416 Å². The van der Waals surface area contributed by atoms with Crippen molar-refractivity contribution in [2.75, 3.05) is 51.0 Å². The van der Waals surface area contributed by atoms with E-state index in [0.29, 0.717) is 17.3 Å². The number of carbonyl (C=O) groups is 3. The second-order valence-electron chi connectivity index (χ2n) is 16.2. The van der Waals surface area contributed by atoms with Crippen LogP contribution in [0.1, 0.15) is 0 Å². The Morgan fingerprint density at radius 3 is 1.55 bits per heavy atom. The number of ether oxygens (including phenoxy) is 4. The van der Waals surface area contributed by atoms with Crippen molar-refractivity contribution in [2.45, 2.75) is 9.79 Å². The molecular formula is C56H48N2O7S4. The zero-order valence-corrected chi connectivity index (χ0v) is 40.8. The summed E-state index contributed by atoms with van der Waals surface area (Å²) in [5, 5.41) is 10.4. The molecule has 9 rings (SSSR count). The summed E-state index contributed by atoms with van der Waals surface area (Å²) in [4.78, 5) is 40.3. The average molecular weight is 989 g/mol. The summed E-state index contributed by atoms with van der Waals surface area (Å²) in [7, 11) is 0. The van der Waals surface area contributed by atoms with Gasteiger partial charge in [0.05, 0.1) is 18.5 Å². The van der Waals surface area contributed by atoms with Gasteiger partial charge in [0.25, 0.3) is 0 Å². The van der Waals surface area contributed by atoms with E-state index >= 15 is 0 Å². The van der Waals surface area contributed by atoms with Gasteiger partial charge >= 0.3 is 18.2 Å². The second kappa shape index (κ2) is 22.6. The summed E-state index contributed by atoms with van der Waals surface area (Å²) >= 11 is 6.81. The molecule has 13 heteroatoms. The minimum Gasteiger partial charge on any atom is -0.492 e. The number of thioether (sulfide) groups is 2. The quantitative estimate of drug-likeness (QED) is 0.0253. The molecule has 2 N–H and O–H groups in total. The van der Waals surface area contributed by atoms with E-state index in [1.54, 1.807) is 46.2 Å². The van der Waals surface area contributed by atoms with Crippen LogP contribution in [0, 0.1) is 5.41 Å². The summed E-state index contributed by atoms with van der Waals surface area (Å²) in [6, 6.07) is 56.2. The van der Waals surface area contributed by atoms with Crippen molar-refractivity contribution in [1.29, 1.82) is 0 Å². The number of para-hydroxylation sites is 1. The number of carbonyl (C=O) groups excluding carboxylic acids is 3. The highest BCUT2D eigenvalue weighted by Crippen LogP contribution is 2.43. The molecule has 0 fully saturated rings. The van der Waals surface area contributed by atoms with Crippen molar-refractivity contribution < 1.29 is 33.3 Å². The van der Waals surface area contributed by atoms with E-state index in [4.69, 9.17) is 18.9 Å². The first-order chi connectivity index (χ1) is 33.8. The van der Waals surface area contributed by atoms with Gasteiger partial charge in [-0.2, -0.15) is 0 Å². The lowest BCUT2D eigenvalue weighted by Gasteiger charge is -2.32. The maximum absolute atomic E-state index is 13.4. The lowest BCUT2D eigenvalue weighted by Crippen LogP contribution is -2.42. The number of nitrogens with one attached hydrogen (secondary N) is 2. The minimum absolute atomic E-state index is 0.0393. The Kier molecular flexibility index (Phi) is 15.5. The Morgan fingerprint density at radius 2 is 1.01 bits per heavy atom. The number of hydrogen-bond donors (Lipinski definition) is 2. The highest BCUT2D eigenvalue weighted by molar-refractivity contribution is 8.00. The minimum atomic E-state index is -0.900. The third-order valence-electron chi connectivity index (χ3n) is 11.4. The number of alkyl carbamates (subject to hydrolysis) is 2. The van der Waals surface area contributed by atoms with E-state index in [1.165, 1.54) is 40.3 Å². The highest BCUT2D eigenvalue weighted by atomic mass is 32.2. The van der Waals surface area contributed by atoms with Crippen LogP contribution in [0.2, 0.25) is 0 Å². The average Bonchev–Trinajstić information content (AvgIpc) is 3.98. The third kappa shape index (κ3) is 11.7. The Hall–Kier alpha value is -6.77. The molecule has 0 saturated carbocycles. The van der Waals surface area contributed by atoms with Crippen LogP contribution in [-0.2, 0) is 19.0 Å². The molecule has 0 unspecified atom stereocenters. The van der Waals surface area contributed by atoms with E-state index in [1.807, 2.05) is 30.3 Å². The van der Waals surface area contributed by atoms with Gasteiger partial charge in [0.2, 0.25) is 0 Å². The lowest BCUT2D eigenvalue weighted by molar-refractivity contribution is -0.137. The van der Waals surface area contributed by atoms with Gasteiger partial charge in [-0.1, -0.05) is 122 Å². The van der Waals surface area contributed by atoms with Gasteiger partial charge in [0.15, 0.2) is 0 Å². The fourth-order valence-electron chi connectivity index (χ4n) is 7.92. The number of thiophene rings is 2. The molecule has 0 aliphatic rings. The van der Waals surface area contributed by atoms with E-state index in [0.717, 1.165) is 38.1 Å². The molecule has 2 aromatic heterocycles. The molecule has 0 bridgehead atoms. The van der Waals surface area contributed by atoms with Gasteiger partial charge in [0, 0.05) is 67.7 Å². The van der Waals surface area contributed by atoms with E-state index in [2.05, 4.69) is 151 Å². The summed E-state index contributed by atoms with van der Waals surface area (Å²) in [5.41, 5.74) is 3.58. The molecule has 2 heterocycles. The Bertz CT molecular complexity index is 3100. The number of esters is 1. The first kappa shape index (κ1) is 47.3. The van der Waals surface area contributed by atoms with Crippen LogP contribution in [0.5, 0.6) is 5.75 Å². The fourth-order valence-corrected chi connectivity index (χ4v) is 12.8. The summed E-state index contributed by atoms with van der Waals surface area (Å²) < 4.78 is 27.8. The Morgan fingerprint density at radius 1 is 0.536 bits per heavy atom. The van der Waals surface area contributed by atoms with Crippen LogP contribution < -0.4 is 15.4 Å². The van der Waals surface area contributed by atoms with Crippen molar-refractivity contribution >= 4 is 105 Å². The van der Waals surface area contributed by atoms with Gasteiger partial charge in [-0.15, -0.1) is 46.2 Å². The molecule has 2 amide bonds. The molecule has 0 aliphatic heterocycles. The van der Waals surface area contributed by atoms with Crippen LogP contribution >= 0.6 is 46.2 Å². The van der Waals surface area contributed by atoms with Gasteiger partial charge in [0.1, 0.15) is 32.2 Å². The number of benzene rings is 7. The van der Waals surface area contributed by atoms with Crippen molar-refractivity contribution in [3.05, 3.63) is 176 Å². The number of rotatable bonds is 20. The smallest absolute Gasteiger partial charge is 0.407 e. The van der Waals surface area contributed by atoms with Gasteiger partial charge < -0.3 is 29.6 Å². The lowest BCUT2D eigenvalue weighted by atomic mass is 9.95. The molecule has 69 heavy (non-hydrogen) atoms. The zero-order valence-electron chi connectivity index (χ0n) is 37.5. The largest absolute Gasteiger partial charge is 0.492 e. The van der Waals surface area contributed by atoms with E-state index in [-0.39, 0.29) is 39.5 Å². The van der Waals surface area contributed by atoms with Crippen molar-refractivity contribution in [3.8, 4) is 28.0 Å². The molecule has 0 aliphatic carbocycles. The number of hydrogen-bond acceptors (Lipinski definition) is 11. The van der Waals surface area contributed by atoms with Crippen LogP contribution in [0.3, 0.4) is 0 Å². The summed E-state index contributed by atoms with van der Waals surface area (Å²) in [6.07, 6.45) is -0.242. The van der Waals surface area contributed by atoms with Gasteiger partial charge in [-0.25, -0.2) is 14.4 Å². The molecule has 348 valence electrons. The van der Waals surface area contributed by atoms with Crippen LogP contribution in [0.25, 0.3) is 62.6 Å². The molecule has 9 aromatic rings. The summed E-state index contributed by atoms with van der Waals surface area (Å²) in [5.74, 6) is 0.955. The zero-order chi connectivity index (χ0) is 47.4. The molecule has 9 nitrogen and oxygen atoms in total. The predicted octanol–water partition coefficient (Wildman–Crippen LogP) is 13.9. The molecule has 7 aromatic carbocycles. The first-order valence-corrected chi connectivity index (χ1v) is 26.0. The third-order valence-corrected chi connectivity index (χ3v) is 16.5. The monoisotopic (exact) mass is 988 g/mol. The topological polar surface area (TPSA) is 112 Å². The maximum Gasteiger partial charge on any atom is 0.407 e. The molecular weight excluding hydrogens is 941 g/mol. The van der Waals surface area contributed by atoms with Gasteiger partial charge in [-0.05, 0) is 70.8 Å².